The highest BCUT2D eigenvalue weighted by molar-refractivity contribution is 5.88. The molecule has 0 aliphatic carbocycles. The van der Waals surface area contributed by atoms with Gasteiger partial charge >= 0.3 is 5.97 Å². The van der Waals surface area contributed by atoms with Crippen LogP contribution in [0.1, 0.15) is 18.1 Å². The van der Waals surface area contributed by atoms with E-state index in [-0.39, 0.29) is 5.97 Å². The van der Waals surface area contributed by atoms with Gasteiger partial charge < -0.3 is 4.74 Å². The number of rotatable bonds is 6. The lowest BCUT2D eigenvalue weighted by Gasteiger charge is -2.17. The fourth-order valence-corrected chi connectivity index (χ4v) is 1.80. The van der Waals surface area contributed by atoms with E-state index in [1.165, 1.54) is 11.1 Å². The minimum absolute atomic E-state index is 0.311. The van der Waals surface area contributed by atoms with Gasteiger partial charge in [-0.15, -0.1) is 0 Å². The third-order valence-electron chi connectivity index (χ3n) is 2.56. The van der Waals surface area contributed by atoms with Gasteiger partial charge in [0.15, 0.2) is 0 Å². The molecule has 0 atom stereocenters. The SMILES string of the molecule is C=C(CN(C)Cc1cccc(C)c1)C(=O)OCC. The highest BCUT2D eigenvalue weighted by Crippen LogP contribution is 2.08. The van der Waals surface area contributed by atoms with Gasteiger partial charge in [0.1, 0.15) is 0 Å². The fraction of sp³-hybridized carbons (Fsp3) is 0.400. The summed E-state index contributed by atoms with van der Waals surface area (Å²) in [4.78, 5) is 13.5. The van der Waals surface area contributed by atoms with Crippen LogP contribution >= 0.6 is 0 Å². The number of benzene rings is 1. The summed E-state index contributed by atoms with van der Waals surface area (Å²) >= 11 is 0. The normalized spacial score (nSPS) is 10.4. The van der Waals surface area contributed by atoms with Crippen molar-refractivity contribution in [3.63, 3.8) is 0 Å². The van der Waals surface area contributed by atoms with E-state index in [9.17, 15) is 4.79 Å². The monoisotopic (exact) mass is 247 g/mol. The van der Waals surface area contributed by atoms with Crippen LogP contribution in [0.5, 0.6) is 0 Å². The van der Waals surface area contributed by atoms with Crippen molar-refractivity contribution in [3.8, 4) is 0 Å². The molecule has 0 aliphatic heterocycles. The molecular formula is C15H21NO2. The number of likely N-dealkylation sites (N-methyl/N-ethyl adjacent to an activating group) is 1. The van der Waals surface area contributed by atoms with Crippen molar-refractivity contribution in [1.82, 2.24) is 4.90 Å². The molecule has 0 bridgehead atoms. The second kappa shape index (κ2) is 6.97. The summed E-state index contributed by atoms with van der Waals surface area (Å²) < 4.78 is 4.91. The average molecular weight is 247 g/mol. The smallest absolute Gasteiger partial charge is 0.334 e. The van der Waals surface area contributed by atoms with Crippen molar-refractivity contribution in [1.29, 1.82) is 0 Å². The van der Waals surface area contributed by atoms with E-state index in [0.29, 0.717) is 18.7 Å². The second-order valence-electron chi connectivity index (χ2n) is 4.49. The number of aryl methyl sites for hydroxylation is 1. The number of hydrogen-bond acceptors (Lipinski definition) is 3. The summed E-state index contributed by atoms with van der Waals surface area (Å²) in [7, 11) is 1.97. The van der Waals surface area contributed by atoms with E-state index < -0.39 is 0 Å². The fourth-order valence-electron chi connectivity index (χ4n) is 1.80. The van der Waals surface area contributed by atoms with Gasteiger partial charge in [-0.1, -0.05) is 36.4 Å². The van der Waals surface area contributed by atoms with Crippen LogP contribution in [-0.2, 0) is 16.1 Å². The maximum Gasteiger partial charge on any atom is 0.334 e. The molecule has 0 fully saturated rings. The summed E-state index contributed by atoms with van der Waals surface area (Å²) in [6, 6.07) is 8.33. The number of hydrogen-bond donors (Lipinski definition) is 0. The first-order chi connectivity index (χ1) is 8.52. The van der Waals surface area contributed by atoms with Gasteiger partial charge in [0.25, 0.3) is 0 Å². The van der Waals surface area contributed by atoms with Crippen molar-refractivity contribution < 1.29 is 9.53 Å². The number of carbonyl (C=O) groups excluding carboxylic acids is 1. The van der Waals surface area contributed by atoms with Crippen LogP contribution in [0.4, 0.5) is 0 Å². The van der Waals surface area contributed by atoms with Crippen LogP contribution in [0.2, 0.25) is 0 Å². The molecule has 0 saturated heterocycles. The molecule has 98 valence electrons. The van der Waals surface area contributed by atoms with Gasteiger partial charge in [-0.05, 0) is 26.5 Å². The zero-order valence-electron chi connectivity index (χ0n) is 11.4. The Balaban J connectivity index is 2.49. The quantitative estimate of drug-likeness (QED) is 0.571. The highest BCUT2D eigenvalue weighted by Gasteiger charge is 2.10. The summed E-state index contributed by atoms with van der Waals surface area (Å²) in [5, 5.41) is 0. The van der Waals surface area contributed by atoms with Crippen molar-refractivity contribution >= 4 is 5.97 Å². The second-order valence-corrected chi connectivity index (χ2v) is 4.49. The van der Waals surface area contributed by atoms with E-state index in [2.05, 4.69) is 31.7 Å². The summed E-state index contributed by atoms with van der Waals surface area (Å²) in [5.41, 5.74) is 2.96. The van der Waals surface area contributed by atoms with Crippen LogP contribution in [0.25, 0.3) is 0 Å². The third-order valence-corrected chi connectivity index (χ3v) is 2.56. The first kappa shape index (κ1) is 14.5. The molecule has 3 nitrogen and oxygen atoms in total. The molecule has 0 spiro atoms. The average Bonchev–Trinajstić information content (AvgIpc) is 2.28. The van der Waals surface area contributed by atoms with Crippen LogP contribution in [0, 0.1) is 6.92 Å². The molecular weight excluding hydrogens is 226 g/mol. The van der Waals surface area contributed by atoms with Crippen molar-refractivity contribution in [2.45, 2.75) is 20.4 Å². The summed E-state index contributed by atoms with van der Waals surface area (Å²) in [5.74, 6) is -0.311. The largest absolute Gasteiger partial charge is 0.463 e. The van der Waals surface area contributed by atoms with Crippen LogP contribution < -0.4 is 0 Å². The molecule has 0 saturated carbocycles. The third kappa shape index (κ3) is 4.72. The van der Waals surface area contributed by atoms with Crippen molar-refractivity contribution in [3.05, 3.63) is 47.5 Å². The molecule has 1 rings (SSSR count). The molecule has 0 N–H and O–H groups in total. The Hall–Kier alpha value is -1.61. The number of nitrogens with zero attached hydrogens (tertiary/aromatic N) is 1. The van der Waals surface area contributed by atoms with Gasteiger partial charge in [-0.3, -0.25) is 4.90 Å². The minimum atomic E-state index is -0.311. The highest BCUT2D eigenvalue weighted by atomic mass is 16.5. The maximum atomic E-state index is 11.4. The standard InChI is InChI=1S/C15H21NO2/c1-5-18-15(17)13(3)10-16(4)11-14-8-6-7-12(2)9-14/h6-9H,3,5,10-11H2,1-2,4H3. The molecule has 0 heterocycles. The Bertz CT molecular complexity index is 426. The first-order valence-corrected chi connectivity index (χ1v) is 6.12. The van der Waals surface area contributed by atoms with E-state index in [0.717, 1.165) is 6.54 Å². The van der Waals surface area contributed by atoms with Crippen molar-refractivity contribution in [2.24, 2.45) is 0 Å². The Morgan fingerprint density at radius 2 is 2.17 bits per heavy atom. The van der Waals surface area contributed by atoms with E-state index >= 15 is 0 Å². The zero-order valence-corrected chi connectivity index (χ0v) is 11.4. The van der Waals surface area contributed by atoms with E-state index in [4.69, 9.17) is 4.74 Å². The Labute approximate surface area is 109 Å². The van der Waals surface area contributed by atoms with Gasteiger partial charge in [0.05, 0.1) is 6.61 Å². The molecule has 1 aromatic carbocycles. The van der Waals surface area contributed by atoms with Gasteiger partial charge in [0, 0.05) is 18.7 Å². The van der Waals surface area contributed by atoms with E-state index in [1.54, 1.807) is 6.92 Å². The van der Waals surface area contributed by atoms with Crippen molar-refractivity contribution in [2.75, 3.05) is 20.2 Å². The molecule has 3 heteroatoms. The predicted octanol–water partition coefficient (Wildman–Crippen LogP) is 2.55. The maximum absolute atomic E-state index is 11.4. The molecule has 0 aromatic heterocycles. The van der Waals surface area contributed by atoms with Crippen LogP contribution in [-0.4, -0.2) is 31.1 Å². The molecule has 18 heavy (non-hydrogen) atoms. The minimum Gasteiger partial charge on any atom is -0.463 e. The molecule has 0 amide bonds. The topological polar surface area (TPSA) is 29.5 Å². The van der Waals surface area contributed by atoms with Crippen LogP contribution in [0.3, 0.4) is 0 Å². The lowest BCUT2D eigenvalue weighted by molar-refractivity contribution is -0.138. The predicted molar refractivity (Wildman–Crippen MR) is 73.3 cm³/mol. The summed E-state index contributed by atoms with van der Waals surface area (Å²) in [6.45, 7) is 9.32. The number of esters is 1. The van der Waals surface area contributed by atoms with Gasteiger partial charge in [-0.2, -0.15) is 0 Å². The van der Waals surface area contributed by atoms with Crippen LogP contribution in [0.15, 0.2) is 36.4 Å². The van der Waals surface area contributed by atoms with Gasteiger partial charge in [-0.25, -0.2) is 4.79 Å². The van der Waals surface area contributed by atoms with Gasteiger partial charge in [0.2, 0.25) is 0 Å². The Morgan fingerprint density at radius 1 is 1.44 bits per heavy atom. The molecule has 1 aromatic rings. The van der Waals surface area contributed by atoms with E-state index in [1.807, 2.05) is 18.0 Å². The molecule has 0 radical (unpaired) electrons. The Morgan fingerprint density at radius 3 is 2.78 bits per heavy atom. The lowest BCUT2D eigenvalue weighted by Crippen LogP contribution is -2.24. The number of carbonyl (C=O) groups is 1. The Kier molecular flexibility index (Phi) is 5.59. The number of ether oxygens (including phenoxy) is 1. The zero-order chi connectivity index (χ0) is 13.5. The molecule has 0 unspecified atom stereocenters. The molecule has 0 aliphatic rings. The first-order valence-electron chi connectivity index (χ1n) is 6.12. The lowest BCUT2D eigenvalue weighted by atomic mass is 10.1. The summed E-state index contributed by atoms with van der Waals surface area (Å²) in [6.07, 6.45) is 0.